The van der Waals surface area contributed by atoms with E-state index >= 15 is 0 Å². The van der Waals surface area contributed by atoms with E-state index in [1.54, 1.807) is 0 Å². The molecule has 1 fully saturated rings. The van der Waals surface area contributed by atoms with Crippen molar-refractivity contribution in [1.82, 2.24) is 4.90 Å². The summed E-state index contributed by atoms with van der Waals surface area (Å²) < 4.78 is 0. The Hall–Kier alpha value is -2.44. The number of hydrogen-bond acceptors (Lipinski definition) is 4. The van der Waals surface area contributed by atoms with E-state index in [0.29, 0.717) is 5.92 Å². The molecule has 0 radical (unpaired) electrons. The second-order valence-corrected chi connectivity index (χ2v) is 7.66. The molecule has 0 spiro atoms. The Labute approximate surface area is 169 Å². The first kappa shape index (κ1) is 20.3. The van der Waals surface area contributed by atoms with E-state index in [-0.39, 0.29) is 28.3 Å². The Morgan fingerprint density at radius 1 is 1.25 bits per heavy atom. The highest BCUT2D eigenvalue weighted by atomic mass is 35.5. The molecule has 1 saturated heterocycles. The van der Waals surface area contributed by atoms with Gasteiger partial charge >= 0.3 is 0 Å². The Bertz CT molecular complexity index is 836. The standard InChI is InChI=1S/C21H24ClN3O3/c1-15(21(26)23-20-14-18(25(27)28)7-8-19(20)22)24-11-9-17(10-12-24)13-16-5-3-2-4-6-16/h2-8,14-15,17H,9-13H2,1H3,(H,23,26). The maximum atomic E-state index is 12.6. The van der Waals surface area contributed by atoms with Crippen molar-refractivity contribution in [3.8, 4) is 0 Å². The van der Waals surface area contributed by atoms with Crippen molar-refractivity contribution in [3.05, 3.63) is 69.2 Å². The van der Waals surface area contributed by atoms with Crippen LogP contribution in [-0.4, -0.2) is 34.9 Å². The summed E-state index contributed by atoms with van der Waals surface area (Å²) >= 11 is 6.08. The van der Waals surface area contributed by atoms with E-state index in [4.69, 9.17) is 11.6 Å². The van der Waals surface area contributed by atoms with Crippen molar-refractivity contribution < 1.29 is 9.72 Å². The molecular formula is C21H24ClN3O3. The molecule has 1 unspecified atom stereocenters. The number of halogens is 1. The van der Waals surface area contributed by atoms with E-state index in [2.05, 4.69) is 34.5 Å². The first-order valence-corrected chi connectivity index (χ1v) is 9.84. The summed E-state index contributed by atoms with van der Waals surface area (Å²) in [7, 11) is 0. The molecule has 0 aliphatic carbocycles. The number of benzene rings is 2. The molecule has 1 aliphatic rings. The molecule has 6 nitrogen and oxygen atoms in total. The largest absolute Gasteiger partial charge is 0.323 e. The van der Waals surface area contributed by atoms with Crippen LogP contribution >= 0.6 is 11.6 Å². The van der Waals surface area contributed by atoms with Crippen molar-refractivity contribution in [2.75, 3.05) is 18.4 Å². The molecule has 3 rings (SSSR count). The number of anilines is 1. The lowest BCUT2D eigenvalue weighted by Crippen LogP contribution is -2.46. The summed E-state index contributed by atoms with van der Waals surface area (Å²) in [6, 6.07) is 14.2. The zero-order valence-electron chi connectivity index (χ0n) is 15.8. The highest BCUT2D eigenvalue weighted by Crippen LogP contribution is 2.28. The van der Waals surface area contributed by atoms with Crippen LogP contribution in [-0.2, 0) is 11.2 Å². The van der Waals surface area contributed by atoms with Crippen LogP contribution in [0.2, 0.25) is 5.02 Å². The van der Waals surface area contributed by atoms with Crippen LogP contribution in [0, 0.1) is 16.0 Å². The molecule has 2 aromatic rings. The number of piperidine rings is 1. The molecule has 1 aliphatic heterocycles. The number of nitro groups is 1. The van der Waals surface area contributed by atoms with E-state index in [0.717, 1.165) is 32.4 Å². The number of nitrogens with one attached hydrogen (secondary N) is 1. The number of likely N-dealkylation sites (tertiary alicyclic amines) is 1. The molecule has 7 heteroatoms. The number of non-ortho nitro benzene ring substituents is 1. The summed E-state index contributed by atoms with van der Waals surface area (Å²) in [5.41, 5.74) is 1.52. The summed E-state index contributed by atoms with van der Waals surface area (Å²) in [5.74, 6) is 0.420. The van der Waals surface area contributed by atoms with Gasteiger partial charge in [-0.1, -0.05) is 41.9 Å². The van der Waals surface area contributed by atoms with Crippen molar-refractivity contribution in [2.24, 2.45) is 5.92 Å². The molecule has 1 N–H and O–H groups in total. The first-order chi connectivity index (χ1) is 13.4. The van der Waals surface area contributed by atoms with Crippen LogP contribution in [0.3, 0.4) is 0 Å². The summed E-state index contributed by atoms with van der Waals surface area (Å²) in [6.45, 7) is 3.57. The second kappa shape index (κ2) is 9.17. The molecule has 1 amide bonds. The first-order valence-electron chi connectivity index (χ1n) is 9.47. The van der Waals surface area contributed by atoms with Crippen molar-refractivity contribution in [1.29, 1.82) is 0 Å². The predicted molar refractivity (Wildman–Crippen MR) is 111 cm³/mol. The fourth-order valence-electron chi connectivity index (χ4n) is 3.62. The lowest BCUT2D eigenvalue weighted by atomic mass is 9.89. The van der Waals surface area contributed by atoms with Crippen LogP contribution in [0.4, 0.5) is 11.4 Å². The van der Waals surface area contributed by atoms with E-state index in [1.807, 2.05) is 13.0 Å². The normalized spacial score (nSPS) is 16.5. The zero-order chi connectivity index (χ0) is 20.1. The smallest absolute Gasteiger partial charge is 0.271 e. The van der Waals surface area contributed by atoms with Crippen LogP contribution in [0.1, 0.15) is 25.3 Å². The molecular weight excluding hydrogens is 378 g/mol. The molecule has 1 atom stereocenters. The minimum absolute atomic E-state index is 0.103. The molecule has 0 saturated carbocycles. The monoisotopic (exact) mass is 401 g/mol. The van der Waals surface area contributed by atoms with Gasteiger partial charge in [0.1, 0.15) is 0 Å². The third kappa shape index (κ3) is 5.09. The SMILES string of the molecule is CC(C(=O)Nc1cc([N+](=O)[O-])ccc1Cl)N1CCC(Cc2ccccc2)CC1. The zero-order valence-corrected chi connectivity index (χ0v) is 16.6. The van der Waals surface area contributed by atoms with Gasteiger partial charge in [-0.2, -0.15) is 0 Å². The highest BCUT2D eigenvalue weighted by molar-refractivity contribution is 6.33. The molecule has 0 bridgehead atoms. The molecule has 1 heterocycles. The van der Waals surface area contributed by atoms with Crippen LogP contribution in [0.5, 0.6) is 0 Å². The Kier molecular flexibility index (Phi) is 6.65. The maximum Gasteiger partial charge on any atom is 0.271 e. The lowest BCUT2D eigenvalue weighted by molar-refractivity contribution is -0.384. The average Bonchev–Trinajstić information content (AvgIpc) is 2.70. The van der Waals surface area contributed by atoms with Gasteiger partial charge in [0.15, 0.2) is 0 Å². The number of rotatable bonds is 6. The lowest BCUT2D eigenvalue weighted by Gasteiger charge is -2.35. The summed E-state index contributed by atoms with van der Waals surface area (Å²) in [5, 5.41) is 14.0. The number of hydrogen-bond donors (Lipinski definition) is 1. The predicted octanol–water partition coefficient (Wildman–Crippen LogP) is 4.53. The third-order valence-electron chi connectivity index (χ3n) is 5.36. The van der Waals surface area contributed by atoms with Crippen molar-refractivity contribution >= 4 is 28.9 Å². The van der Waals surface area contributed by atoms with Crippen LogP contribution in [0.25, 0.3) is 0 Å². The summed E-state index contributed by atoms with van der Waals surface area (Å²) in [4.78, 5) is 25.2. The van der Waals surface area contributed by atoms with Gasteiger partial charge in [0.05, 0.1) is 21.7 Å². The third-order valence-corrected chi connectivity index (χ3v) is 5.69. The van der Waals surface area contributed by atoms with Gasteiger partial charge in [-0.25, -0.2) is 0 Å². The van der Waals surface area contributed by atoms with Crippen molar-refractivity contribution in [3.63, 3.8) is 0 Å². The number of carbonyl (C=O) groups excluding carboxylic acids is 1. The van der Waals surface area contributed by atoms with Gasteiger partial charge in [-0.3, -0.25) is 19.8 Å². The van der Waals surface area contributed by atoms with Gasteiger partial charge in [0, 0.05) is 12.1 Å². The van der Waals surface area contributed by atoms with Gasteiger partial charge in [-0.05, 0) is 56.8 Å². The van der Waals surface area contributed by atoms with Crippen LogP contribution in [0.15, 0.2) is 48.5 Å². The Balaban J connectivity index is 1.55. The van der Waals surface area contributed by atoms with Gasteiger partial charge in [0.25, 0.3) is 5.69 Å². The molecule has 0 aromatic heterocycles. The average molecular weight is 402 g/mol. The van der Waals surface area contributed by atoms with Crippen LogP contribution < -0.4 is 5.32 Å². The van der Waals surface area contributed by atoms with E-state index in [9.17, 15) is 14.9 Å². The minimum Gasteiger partial charge on any atom is -0.323 e. The topological polar surface area (TPSA) is 75.5 Å². The Morgan fingerprint density at radius 2 is 1.93 bits per heavy atom. The summed E-state index contributed by atoms with van der Waals surface area (Å²) in [6.07, 6.45) is 3.16. The molecule has 28 heavy (non-hydrogen) atoms. The number of amides is 1. The van der Waals surface area contributed by atoms with Gasteiger partial charge in [-0.15, -0.1) is 0 Å². The Morgan fingerprint density at radius 3 is 2.57 bits per heavy atom. The van der Waals surface area contributed by atoms with Gasteiger partial charge < -0.3 is 5.32 Å². The van der Waals surface area contributed by atoms with Gasteiger partial charge in [0.2, 0.25) is 5.91 Å². The highest BCUT2D eigenvalue weighted by Gasteiger charge is 2.27. The maximum absolute atomic E-state index is 12.6. The van der Waals surface area contributed by atoms with E-state index in [1.165, 1.54) is 23.8 Å². The van der Waals surface area contributed by atoms with Crippen molar-refractivity contribution in [2.45, 2.75) is 32.2 Å². The molecule has 2 aromatic carbocycles. The second-order valence-electron chi connectivity index (χ2n) is 7.26. The molecule has 148 valence electrons. The number of nitrogens with zero attached hydrogens (tertiary/aromatic N) is 2. The fraction of sp³-hybridized carbons (Fsp3) is 0.381. The number of nitro benzene ring substituents is 1. The van der Waals surface area contributed by atoms with E-state index < -0.39 is 4.92 Å². The fourth-order valence-corrected chi connectivity index (χ4v) is 3.78. The number of carbonyl (C=O) groups is 1. The quantitative estimate of drug-likeness (QED) is 0.570. The minimum atomic E-state index is -0.507.